The second-order valence-electron chi connectivity index (χ2n) is 5.43. The van der Waals surface area contributed by atoms with Crippen molar-refractivity contribution in [2.75, 3.05) is 18.2 Å². The summed E-state index contributed by atoms with van der Waals surface area (Å²) in [5, 5.41) is 2.99. The van der Waals surface area contributed by atoms with E-state index in [1.807, 2.05) is 24.3 Å². The van der Waals surface area contributed by atoms with Gasteiger partial charge in [-0.25, -0.2) is 13.4 Å². The summed E-state index contributed by atoms with van der Waals surface area (Å²) in [6.45, 7) is 1.60. The Balaban J connectivity index is 1.91. The zero-order chi connectivity index (χ0) is 18.7. The normalized spacial score (nSPS) is 11.3. The van der Waals surface area contributed by atoms with Crippen molar-refractivity contribution in [3.05, 3.63) is 53.1 Å². The molecular formula is C18H17BrN2O4S. The third-order valence-electron chi connectivity index (χ3n) is 3.79. The van der Waals surface area contributed by atoms with Gasteiger partial charge in [0.2, 0.25) is 0 Å². The van der Waals surface area contributed by atoms with Crippen LogP contribution in [0.3, 0.4) is 0 Å². The van der Waals surface area contributed by atoms with Crippen LogP contribution in [0.1, 0.15) is 6.92 Å². The molecule has 1 N–H and O–H groups in total. The molecule has 0 saturated carbocycles. The standard InChI is InChI=1S/C18H17BrN2O4S/c1-3-26(22,23)14-8-9-16(24-2)15(10-14)21-18-20-11-17(25-18)12-4-6-13(19)7-5-12/h4-11H,3H2,1-2H3,(H,20,21). The van der Waals surface area contributed by atoms with Crippen LogP contribution in [0.2, 0.25) is 0 Å². The average molecular weight is 437 g/mol. The Kier molecular flexibility index (Phi) is 5.33. The number of ether oxygens (including phenoxy) is 1. The van der Waals surface area contributed by atoms with E-state index >= 15 is 0 Å². The maximum Gasteiger partial charge on any atom is 0.299 e. The molecule has 1 aromatic heterocycles. The molecule has 0 unspecified atom stereocenters. The molecule has 3 rings (SSSR count). The Morgan fingerprint density at radius 2 is 1.92 bits per heavy atom. The number of aromatic nitrogens is 1. The van der Waals surface area contributed by atoms with Crippen molar-refractivity contribution in [2.45, 2.75) is 11.8 Å². The van der Waals surface area contributed by atoms with E-state index in [9.17, 15) is 8.42 Å². The van der Waals surface area contributed by atoms with Gasteiger partial charge in [0.1, 0.15) is 5.75 Å². The molecule has 26 heavy (non-hydrogen) atoms. The number of hydrogen-bond acceptors (Lipinski definition) is 6. The van der Waals surface area contributed by atoms with Gasteiger partial charge < -0.3 is 14.5 Å². The molecule has 0 spiro atoms. The van der Waals surface area contributed by atoms with E-state index in [1.54, 1.807) is 19.2 Å². The summed E-state index contributed by atoms with van der Waals surface area (Å²) in [7, 11) is -1.82. The summed E-state index contributed by atoms with van der Waals surface area (Å²) in [6, 6.07) is 12.5. The van der Waals surface area contributed by atoms with Crippen molar-refractivity contribution in [2.24, 2.45) is 0 Å². The molecule has 0 aliphatic rings. The van der Waals surface area contributed by atoms with Crippen LogP contribution in [0.15, 0.2) is 62.4 Å². The first-order valence-electron chi connectivity index (χ1n) is 7.82. The van der Waals surface area contributed by atoms with Crippen molar-refractivity contribution < 1.29 is 17.6 Å². The highest BCUT2D eigenvalue weighted by atomic mass is 79.9. The maximum atomic E-state index is 12.1. The number of halogens is 1. The molecule has 2 aromatic carbocycles. The molecule has 0 fully saturated rings. The molecule has 0 aliphatic carbocycles. The SMILES string of the molecule is CCS(=O)(=O)c1ccc(OC)c(Nc2ncc(-c3ccc(Br)cc3)o2)c1. The van der Waals surface area contributed by atoms with Crippen LogP contribution in [0.5, 0.6) is 5.75 Å². The lowest BCUT2D eigenvalue weighted by atomic mass is 10.2. The van der Waals surface area contributed by atoms with Crippen LogP contribution in [-0.4, -0.2) is 26.3 Å². The first-order chi connectivity index (χ1) is 12.4. The van der Waals surface area contributed by atoms with Gasteiger partial charge in [-0.2, -0.15) is 0 Å². The second-order valence-corrected chi connectivity index (χ2v) is 8.62. The summed E-state index contributed by atoms with van der Waals surface area (Å²) in [5.74, 6) is 1.10. The van der Waals surface area contributed by atoms with Crippen LogP contribution >= 0.6 is 15.9 Å². The number of rotatable bonds is 6. The quantitative estimate of drug-likeness (QED) is 0.605. The highest BCUT2D eigenvalue weighted by Gasteiger charge is 2.16. The summed E-state index contributed by atoms with van der Waals surface area (Å²) in [6.07, 6.45) is 1.60. The number of nitrogens with one attached hydrogen (secondary N) is 1. The van der Waals surface area contributed by atoms with Crippen LogP contribution < -0.4 is 10.1 Å². The monoisotopic (exact) mass is 436 g/mol. The minimum absolute atomic E-state index is 0.0193. The minimum Gasteiger partial charge on any atom is -0.495 e. The lowest BCUT2D eigenvalue weighted by Gasteiger charge is -2.10. The fraction of sp³-hybridized carbons (Fsp3) is 0.167. The molecule has 0 bridgehead atoms. The Bertz CT molecular complexity index is 1010. The Morgan fingerprint density at radius 1 is 1.19 bits per heavy atom. The van der Waals surface area contributed by atoms with Crippen LogP contribution in [-0.2, 0) is 9.84 Å². The molecule has 0 aliphatic heterocycles. The number of oxazole rings is 1. The molecule has 0 radical (unpaired) electrons. The van der Waals surface area contributed by atoms with Gasteiger partial charge in [-0.1, -0.05) is 35.0 Å². The van der Waals surface area contributed by atoms with Gasteiger partial charge in [-0.3, -0.25) is 0 Å². The van der Waals surface area contributed by atoms with E-state index in [2.05, 4.69) is 26.2 Å². The highest BCUT2D eigenvalue weighted by Crippen LogP contribution is 2.32. The molecule has 1 heterocycles. The molecule has 0 amide bonds. The van der Waals surface area contributed by atoms with Gasteiger partial charge in [0, 0.05) is 10.0 Å². The van der Waals surface area contributed by atoms with Crippen molar-refractivity contribution in [3.8, 4) is 17.1 Å². The van der Waals surface area contributed by atoms with Crippen LogP contribution in [0.25, 0.3) is 11.3 Å². The van der Waals surface area contributed by atoms with E-state index < -0.39 is 9.84 Å². The van der Waals surface area contributed by atoms with Gasteiger partial charge >= 0.3 is 0 Å². The third kappa shape index (κ3) is 3.91. The number of methoxy groups -OCH3 is 1. The third-order valence-corrected chi connectivity index (χ3v) is 6.05. The van der Waals surface area contributed by atoms with Gasteiger partial charge in [0.05, 0.1) is 29.6 Å². The van der Waals surface area contributed by atoms with E-state index in [4.69, 9.17) is 9.15 Å². The average Bonchev–Trinajstić information content (AvgIpc) is 3.10. The molecule has 8 heteroatoms. The van der Waals surface area contributed by atoms with Crippen molar-refractivity contribution in [3.63, 3.8) is 0 Å². The molecule has 136 valence electrons. The Morgan fingerprint density at radius 3 is 2.58 bits per heavy atom. The van der Waals surface area contributed by atoms with Crippen molar-refractivity contribution >= 4 is 37.5 Å². The lowest BCUT2D eigenvalue weighted by Crippen LogP contribution is -2.05. The fourth-order valence-electron chi connectivity index (χ4n) is 2.34. The first kappa shape index (κ1) is 18.5. The largest absolute Gasteiger partial charge is 0.495 e. The zero-order valence-corrected chi connectivity index (χ0v) is 16.6. The minimum atomic E-state index is -3.33. The number of sulfone groups is 1. The molecular weight excluding hydrogens is 420 g/mol. The molecule has 0 atom stereocenters. The van der Waals surface area contributed by atoms with Gasteiger partial charge in [-0.15, -0.1) is 0 Å². The van der Waals surface area contributed by atoms with Crippen molar-refractivity contribution in [1.82, 2.24) is 4.98 Å². The summed E-state index contributed by atoms with van der Waals surface area (Å²) < 4.78 is 36.2. The van der Waals surface area contributed by atoms with E-state index in [0.29, 0.717) is 17.2 Å². The summed E-state index contributed by atoms with van der Waals surface area (Å²) in [4.78, 5) is 4.41. The second kappa shape index (κ2) is 7.51. The van der Waals surface area contributed by atoms with Crippen molar-refractivity contribution in [1.29, 1.82) is 0 Å². The number of hydrogen-bond donors (Lipinski definition) is 1. The Hall–Kier alpha value is -2.32. The summed E-state index contributed by atoms with van der Waals surface area (Å²) in [5.41, 5.74) is 1.34. The smallest absolute Gasteiger partial charge is 0.299 e. The van der Waals surface area contributed by atoms with Gasteiger partial charge in [0.15, 0.2) is 15.6 Å². The predicted molar refractivity (Wildman–Crippen MR) is 104 cm³/mol. The first-order valence-corrected chi connectivity index (χ1v) is 10.3. The number of nitrogens with zero attached hydrogens (tertiary/aromatic N) is 1. The number of benzene rings is 2. The maximum absolute atomic E-state index is 12.1. The van der Waals surface area contributed by atoms with E-state index in [1.165, 1.54) is 19.2 Å². The van der Waals surface area contributed by atoms with E-state index in [-0.39, 0.29) is 16.7 Å². The predicted octanol–water partition coefficient (Wildman–Crippen LogP) is 4.65. The fourth-order valence-corrected chi connectivity index (χ4v) is 3.51. The number of anilines is 2. The molecule has 0 saturated heterocycles. The highest BCUT2D eigenvalue weighted by molar-refractivity contribution is 9.10. The zero-order valence-electron chi connectivity index (χ0n) is 14.2. The summed E-state index contributed by atoms with van der Waals surface area (Å²) >= 11 is 3.39. The van der Waals surface area contributed by atoms with Crippen LogP contribution in [0.4, 0.5) is 11.7 Å². The van der Waals surface area contributed by atoms with Crippen LogP contribution in [0, 0.1) is 0 Å². The van der Waals surface area contributed by atoms with Gasteiger partial charge in [-0.05, 0) is 30.3 Å². The topological polar surface area (TPSA) is 81.4 Å². The Labute approximate surface area is 160 Å². The molecule has 3 aromatic rings. The van der Waals surface area contributed by atoms with E-state index in [0.717, 1.165) is 10.0 Å². The van der Waals surface area contributed by atoms with Gasteiger partial charge in [0.25, 0.3) is 6.01 Å². The lowest BCUT2D eigenvalue weighted by molar-refractivity contribution is 0.416. The molecule has 6 nitrogen and oxygen atoms in total.